The Hall–Kier alpha value is -1.52. The van der Waals surface area contributed by atoms with Crippen molar-refractivity contribution in [2.75, 3.05) is 7.11 Å². The highest BCUT2D eigenvalue weighted by Gasteiger charge is 3.03. The highest BCUT2D eigenvalue weighted by atomic mass is 16.6. The summed E-state index contributed by atoms with van der Waals surface area (Å²) in [6.07, 6.45) is 1.41. The fraction of sp³-hybridized carbons (Fsp3) is 0.765. The summed E-state index contributed by atoms with van der Waals surface area (Å²) in [5, 5.41) is 2.61. The third-order valence-corrected chi connectivity index (χ3v) is 6.99. The van der Waals surface area contributed by atoms with Crippen molar-refractivity contribution in [2.24, 2.45) is 46.8 Å². The lowest BCUT2D eigenvalue weighted by Gasteiger charge is -3.07. The third-order valence-electron chi connectivity index (χ3n) is 6.99. The summed E-state index contributed by atoms with van der Waals surface area (Å²) in [5.74, 6) is 5.65. The molecule has 0 radical (unpaired) electrons. The normalized spacial score (nSPS) is 51.1. The number of hydrogen-bond donors (Lipinski definition) is 1. The molecule has 0 aromatic heterocycles. The molecular weight excluding hydrogens is 282 g/mol. The van der Waals surface area contributed by atoms with Crippen LogP contribution in [0, 0.1) is 46.8 Å². The molecule has 0 spiro atoms. The van der Waals surface area contributed by atoms with Crippen LogP contribution in [0.3, 0.4) is 0 Å². The molecule has 5 heteroatoms. The quantitative estimate of drug-likeness (QED) is 0.639. The van der Waals surface area contributed by atoms with Crippen LogP contribution in [-0.4, -0.2) is 24.8 Å². The van der Waals surface area contributed by atoms with Gasteiger partial charge in [-0.05, 0) is 68.3 Å². The van der Waals surface area contributed by atoms with Gasteiger partial charge in [0.1, 0.15) is 11.3 Å². The number of allylic oxidation sites excluding steroid dienone is 1. The number of carbonyl (C=O) groups is 2. The van der Waals surface area contributed by atoms with E-state index in [9.17, 15) is 9.59 Å². The van der Waals surface area contributed by atoms with Crippen molar-refractivity contribution in [1.82, 2.24) is 5.32 Å². The van der Waals surface area contributed by atoms with Crippen LogP contribution >= 0.6 is 0 Å². The number of nitrogens with one attached hydrogen (secondary N) is 1. The van der Waals surface area contributed by atoms with E-state index in [1.54, 1.807) is 20.8 Å². The molecule has 5 nitrogen and oxygen atoms in total. The first-order valence-electron chi connectivity index (χ1n) is 8.12. The van der Waals surface area contributed by atoms with Crippen molar-refractivity contribution >= 4 is 12.1 Å². The number of hydrogen-bond acceptors (Lipinski definition) is 4. The molecule has 1 amide bonds. The van der Waals surface area contributed by atoms with Gasteiger partial charge in [-0.3, -0.25) is 5.32 Å². The van der Waals surface area contributed by atoms with Crippen LogP contribution in [0.15, 0.2) is 11.8 Å². The van der Waals surface area contributed by atoms with Crippen LogP contribution in [0.25, 0.3) is 0 Å². The number of ether oxygens (including phenoxy) is 2. The molecule has 6 fully saturated rings. The largest absolute Gasteiger partial charge is 0.464 e. The maximum atomic E-state index is 12.0. The van der Waals surface area contributed by atoms with Crippen LogP contribution in [0.1, 0.15) is 20.8 Å². The van der Waals surface area contributed by atoms with Crippen molar-refractivity contribution in [1.29, 1.82) is 0 Å². The summed E-state index contributed by atoms with van der Waals surface area (Å²) in [5.41, 5.74) is -0.132. The number of alkyl carbamates (subject to hydrolysis) is 1. The molecule has 6 saturated carbocycles. The molecule has 0 aromatic rings. The lowest BCUT2D eigenvalue weighted by atomic mass is 8.96. The molecule has 0 aliphatic heterocycles. The lowest BCUT2D eigenvalue weighted by Crippen LogP contribution is -3.04. The van der Waals surface area contributed by atoms with E-state index in [0.717, 1.165) is 41.4 Å². The maximum absolute atomic E-state index is 12.0. The van der Waals surface area contributed by atoms with E-state index in [2.05, 4.69) is 5.32 Å². The van der Waals surface area contributed by atoms with Crippen LogP contribution in [0.4, 0.5) is 4.79 Å². The number of carbonyl (C=O) groups excluding carboxylic acids is 2. The van der Waals surface area contributed by atoms with E-state index < -0.39 is 17.7 Å². The molecule has 1 N–H and O–H groups in total. The van der Waals surface area contributed by atoms with Gasteiger partial charge in [0.05, 0.1) is 7.11 Å². The SMILES string of the molecule is COC(=O)/C(=C/C12C3C4C5C3C1C5C42)NC(=O)OC(C)(C)C. The van der Waals surface area contributed by atoms with Crippen molar-refractivity contribution in [2.45, 2.75) is 26.4 Å². The van der Waals surface area contributed by atoms with E-state index in [1.807, 2.05) is 6.08 Å². The van der Waals surface area contributed by atoms with Gasteiger partial charge in [0, 0.05) is 5.41 Å². The molecule has 0 heterocycles. The number of rotatable bonds is 3. The average molecular weight is 303 g/mol. The molecule has 6 rings (SSSR count). The first-order chi connectivity index (χ1) is 10.3. The van der Waals surface area contributed by atoms with Gasteiger partial charge in [-0.1, -0.05) is 0 Å². The highest BCUT2D eigenvalue weighted by molar-refractivity contribution is 5.92. The second kappa shape index (κ2) is 3.36. The van der Waals surface area contributed by atoms with Crippen LogP contribution < -0.4 is 5.32 Å². The van der Waals surface area contributed by atoms with Gasteiger partial charge in [0.15, 0.2) is 0 Å². The number of methoxy groups -OCH3 is 1. The molecule has 0 saturated heterocycles. The average Bonchev–Trinajstić information content (AvgIpc) is 2.44. The number of esters is 1. The maximum Gasteiger partial charge on any atom is 0.412 e. The summed E-state index contributed by atoms with van der Waals surface area (Å²) in [6.45, 7) is 5.39. The molecule has 0 aromatic carbocycles. The molecule has 118 valence electrons. The zero-order valence-electron chi connectivity index (χ0n) is 13.3. The van der Waals surface area contributed by atoms with E-state index in [0.29, 0.717) is 0 Å². The third kappa shape index (κ3) is 1.07. The van der Waals surface area contributed by atoms with Crippen LogP contribution in [-0.2, 0) is 14.3 Å². The Kier molecular flexibility index (Phi) is 1.98. The van der Waals surface area contributed by atoms with Gasteiger partial charge in [-0.25, -0.2) is 9.59 Å². The molecule has 0 unspecified atom stereocenters. The molecule has 22 heavy (non-hydrogen) atoms. The molecule has 0 bridgehead atoms. The van der Waals surface area contributed by atoms with Gasteiger partial charge in [0.25, 0.3) is 0 Å². The molecular formula is C17H21NO4. The summed E-state index contributed by atoms with van der Waals surface area (Å²) in [7, 11) is 1.34. The zero-order chi connectivity index (χ0) is 15.6. The highest BCUT2D eigenvalue weighted by Crippen LogP contribution is 3.06. The number of amides is 1. The molecule has 6 aliphatic carbocycles. The zero-order valence-corrected chi connectivity index (χ0v) is 13.3. The summed E-state index contributed by atoms with van der Waals surface area (Å²) < 4.78 is 10.1. The monoisotopic (exact) mass is 303 g/mol. The van der Waals surface area contributed by atoms with E-state index >= 15 is 0 Å². The van der Waals surface area contributed by atoms with Gasteiger partial charge < -0.3 is 9.47 Å². The predicted octanol–water partition coefficient (Wildman–Crippen LogP) is 1.94. The fourth-order valence-electron chi connectivity index (χ4n) is 6.73. The summed E-state index contributed by atoms with van der Waals surface area (Å²) in [4.78, 5) is 24.0. The Labute approximate surface area is 129 Å². The Morgan fingerprint density at radius 2 is 1.59 bits per heavy atom. The van der Waals surface area contributed by atoms with Gasteiger partial charge in [0.2, 0.25) is 0 Å². The Morgan fingerprint density at radius 1 is 1.05 bits per heavy atom. The second-order valence-corrected chi connectivity index (χ2v) is 8.56. The minimum atomic E-state index is -0.596. The smallest absolute Gasteiger partial charge is 0.412 e. The second-order valence-electron chi connectivity index (χ2n) is 8.56. The van der Waals surface area contributed by atoms with E-state index in [1.165, 1.54) is 7.11 Å². The van der Waals surface area contributed by atoms with Crippen molar-refractivity contribution < 1.29 is 19.1 Å². The first kappa shape index (κ1) is 13.0. The fourth-order valence-corrected chi connectivity index (χ4v) is 6.73. The van der Waals surface area contributed by atoms with E-state index in [4.69, 9.17) is 9.47 Å². The lowest BCUT2D eigenvalue weighted by molar-refractivity contribution is -0.599. The first-order valence-corrected chi connectivity index (χ1v) is 8.12. The van der Waals surface area contributed by atoms with Crippen LogP contribution in [0.5, 0.6) is 0 Å². The molecule has 0 atom stereocenters. The van der Waals surface area contributed by atoms with Crippen LogP contribution in [0.2, 0.25) is 0 Å². The van der Waals surface area contributed by atoms with Gasteiger partial charge >= 0.3 is 12.1 Å². The standard InChI is InChI=1S/C17H21NO4/c1-16(2,3)22-15(20)18-6(14(19)21-4)5-17-11-8-7-9(11)13(17)10(7)12(8)17/h5,7-13H,1-4H3,(H,18,20)/b6-5-. The Bertz CT molecular complexity index is 593. The van der Waals surface area contributed by atoms with Gasteiger partial charge in [-0.2, -0.15) is 0 Å². The Morgan fingerprint density at radius 3 is 2.05 bits per heavy atom. The molecule has 6 aliphatic rings. The summed E-state index contributed by atoms with van der Waals surface area (Å²) in [6, 6.07) is 0. The predicted molar refractivity (Wildman–Crippen MR) is 76.3 cm³/mol. The van der Waals surface area contributed by atoms with Crippen molar-refractivity contribution in [3.8, 4) is 0 Å². The Balaban J connectivity index is 1.36. The minimum absolute atomic E-state index is 0.202. The topological polar surface area (TPSA) is 64.6 Å². The minimum Gasteiger partial charge on any atom is -0.464 e. The van der Waals surface area contributed by atoms with Crippen molar-refractivity contribution in [3.05, 3.63) is 11.8 Å². The van der Waals surface area contributed by atoms with E-state index in [-0.39, 0.29) is 11.1 Å². The summed E-state index contributed by atoms with van der Waals surface area (Å²) >= 11 is 0. The van der Waals surface area contributed by atoms with Crippen molar-refractivity contribution in [3.63, 3.8) is 0 Å². The van der Waals surface area contributed by atoms with Gasteiger partial charge in [-0.15, -0.1) is 0 Å².